The van der Waals surface area contributed by atoms with Crippen LogP contribution < -0.4 is 5.73 Å². The van der Waals surface area contributed by atoms with Crippen molar-refractivity contribution < 1.29 is 9.53 Å². The topological polar surface area (TPSA) is 81.3 Å². The highest BCUT2D eigenvalue weighted by molar-refractivity contribution is 6.29. The molecular formula is C17H19ClN4O2. The van der Waals surface area contributed by atoms with Gasteiger partial charge in [-0.1, -0.05) is 41.9 Å². The number of nitrogens with two attached hydrogens (primary N) is 1. The molecule has 2 aromatic rings. The van der Waals surface area contributed by atoms with Gasteiger partial charge in [-0.05, 0) is 24.5 Å². The van der Waals surface area contributed by atoms with E-state index in [4.69, 9.17) is 22.1 Å². The number of hydrogen-bond acceptors (Lipinski definition) is 5. The molecule has 126 valence electrons. The average Bonchev–Trinajstić information content (AvgIpc) is 2.60. The second-order valence-electron chi connectivity index (χ2n) is 5.78. The Labute approximate surface area is 145 Å². The van der Waals surface area contributed by atoms with E-state index in [9.17, 15) is 4.79 Å². The maximum atomic E-state index is 12.2. The fraction of sp³-hybridized carbons (Fsp3) is 0.353. The molecule has 1 aromatic heterocycles. The first-order valence-corrected chi connectivity index (χ1v) is 8.25. The summed E-state index contributed by atoms with van der Waals surface area (Å²) in [5, 5.41) is 0.349. The second kappa shape index (κ2) is 7.49. The molecule has 2 N–H and O–H groups in total. The molecule has 1 fully saturated rings. The van der Waals surface area contributed by atoms with Crippen LogP contribution in [0.25, 0.3) is 0 Å². The highest BCUT2D eigenvalue weighted by Gasteiger charge is 2.26. The van der Waals surface area contributed by atoms with E-state index in [-0.39, 0.29) is 24.6 Å². The first kappa shape index (κ1) is 16.5. The molecule has 2 heterocycles. The molecule has 0 bridgehead atoms. The number of halogens is 1. The van der Waals surface area contributed by atoms with Crippen molar-refractivity contribution in [1.82, 2.24) is 14.9 Å². The van der Waals surface area contributed by atoms with E-state index in [0.717, 1.165) is 24.1 Å². The molecule has 0 atom stereocenters. The van der Waals surface area contributed by atoms with Crippen LogP contribution in [0.5, 0.6) is 0 Å². The fourth-order valence-corrected chi connectivity index (χ4v) is 3.03. The number of nitrogens with zero attached hydrogens (tertiary/aromatic N) is 3. The molecule has 0 unspecified atom stereocenters. The van der Waals surface area contributed by atoms with Gasteiger partial charge < -0.3 is 15.4 Å². The zero-order valence-corrected chi connectivity index (χ0v) is 13.9. The van der Waals surface area contributed by atoms with Gasteiger partial charge in [0.25, 0.3) is 0 Å². The number of amides is 1. The second-order valence-corrected chi connectivity index (χ2v) is 6.16. The summed E-state index contributed by atoms with van der Waals surface area (Å²) in [7, 11) is 0. The maximum absolute atomic E-state index is 12.2. The van der Waals surface area contributed by atoms with Crippen LogP contribution in [-0.4, -0.2) is 34.1 Å². The number of likely N-dealkylation sites (tertiary alicyclic amines) is 1. The summed E-state index contributed by atoms with van der Waals surface area (Å²) in [6, 6.07) is 11.4. The lowest BCUT2D eigenvalue weighted by Crippen LogP contribution is -2.38. The predicted octanol–water partition coefficient (Wildman–Crippen LogP) is 3.23. The van der Waals surface area contributed by atoms with Crippen LogP contribution in [0.15, 0.2) is 36.4 Å². The van der Waals surface area contributed by atoms with E-state index in [1.54, 1.807) is 11.0 Å². The summed E-state index contributed by atoms with van der Waals surface area (Å²) in [6.45, 7) is 1.54. The van der Waals surface area contributed by atoms with Crippen LogP contribution >= 0.6 is 11.6 Å². The Morgan fingerprint density at radius 2 is 1.96 bits per heavy atom. The van der Waals surface area contributed by atoms with Gasteiger partial charge in [0, 0.05) is 19.0 Å². The first-order chi connectivity index (χ1) is 11.6. The van der Waals surface area contributed by atoms with Crippen molar-refractivity contribution in [3.05, 3.63) is 52.8 Å². The minimum absolute atomic E-state index is 0.183. The lowest BCUT2D eigenvalue weighted by atomic mass is 9.93. The molecule has 0 saturated carbocycles. The molecule has 0 spiro atoms. The van der Waals surface area contributed by atoms with Crippen molar-refractivity contribution in [2.24, 2.45) is 0 Å². The summed E-state index contributed by atoms with van der Waals surface area (Å²) in [5.41, 5.74) is 7.46. The van der Waals surface area contributed by atoms with E-state index < -0.39 is 0 Å². The zero-order chi connectivity index (χ0) is 16.9. The number of ether oxygens (including phenoxy) is 1. The molecular weight excluding hydrogens is 328 g/mol. The Morgan fingerprint density at radius 3 is 2.62 bits per heavy atom. The molecule has 3 rings (SSSR count). The maximum Gasteiger partial charge on any atom is 0.410 e. The quantitative estimate of drug-likeness (QED) is 0.863. The van der Waals surface area contributed by atoms with Crippen LogP contribution in [0.3, 0.4) is 0 Å². The molecule has 1 aliphatic rings. The predicted molar refractivity (Wildman–Crippen MR) is 91.6 cm³/mol. The molecule has 1 aliphatic heterocycles. The van der Waals surface area contributed by atoms with Crippen LogP contribution in [0.4, 0.5) is 10.7 Å². The molecule has 1 saturated heterocycles. The van der Waals surface area contributed by atoms with Crippen molar-refractivity contribution in [2.45, 2.75) is 25.4 Å². The molecule has 6 nitrogen and oxygen atoms in total. The Balaban J connectivity index is 1.52. The Kier molecular flexibility index (Phi) is 5.15. The fourth-order valence-electron chi connectivity index (χ4n) is 2.83. The van der Waals surface area contributed by atoms with Gasteiger partial charge >= 0.3 is 6.09 Å². The SMILES string of the molecule is Nc1nc(Cl)cc(C2CCN(C(=O)OCc3ccccc3)CC2)n1. The largest absolute Gasteiger partial charge is 0.445 e. The zero-order valence-electron chi connectivity index (χ0n) is 13.2. The summed E-state index contributed by atoms with van der Waals surface area (Å²) < 4.78 is 5.37. The Morgan fingerprint density at radius 1 is 1.25 bits per heavy atom. The summed E-state index contributed by atoms with van der Waals surface area (Å²) in [5.74, 6) is 0.410. The van der Waals surface area contributed by atoms with Gasteiger partial charge in [0.05, 0.1) is 5.69 Å². The molecule has 1 amide bonds. The van der Waals surface area contributed by atoms with Gasteiger partial charge in [0.2, 0.25) is 5.95 Å². The summed E-state index contributed by atoms with van der Waals surface area (Å²) >= 11 is 5.93. The van der Waals surface area contributed by atoms with Crippen molar-refractivity contribution in [2.75, 3.05) is 18.8 Å². The monoisotopic (exact) mass is 346 g/mol. The Bertz CT molecular complexity index is 683. The van der Waals surface area contributed by atoms with Crippen LogP contribution in [-0.2, 0) is 11.3 Å². The third-order valence-corrected chi connectivity index (χ3v) is 4.30. The smallest absolute Gasteiger partial charge is 0.410 e. The van der Waals surface area contributed by atoms with Crippen LogP contribution in [0.2, 0.25) is 5.15 Å². The lowest BCUT2D eigenvalue weighted by molar-refractivity contribution is 0.0868. The van der Waals surface area contributed by atoms with E-state index in [1.165, 1.54) is 0 Å². The number of carbonyl (C=O) groups excluding carboxylic acids is 1. The number of aromatic nitrogens is 2. The molecule has 24 heavy (non-hydrogen) atoms. The highest BCUT2D eigenvalue weighted by atomic mass is 35.5. The van der Waals surface area contributed by atoms with Gasteiger partial charge in [0.15, 0.2) is 0 Å². The summed E-state index contributed by atoms with van der Waals surface area (Å²) in [6.07, 6.45) is 1.32. The van der Waals surface area contributed by atoms with Crippen LogP contribution in [0.1, 0.15) is 30.0 Å². The molecule has 7 heteroatoms. The number of benzene rings is 1. The minimum atomic E-state index is -0.280. The third kappa shape index (κ3) is 4.14. The van der Waals surface area contributed by atoms with Gasteiger partial charge in [-0.25, -0.2) is 14.8 Å². The van der Waals surface area contributed by atoms with Crippen LogP contribution in [0, 0.1) is 0 Å². The number of nitrogen functional groups attached to an aromatic ring is 1. The molecule has 0 aliphatic carbocycles. The van der Waals surface area contributed by atoms with E-state index >= 15 is 0 Å². The normalized spacial score (nSPS) is 15.3. The van der Waals surface area contributed by atoms with Crippen molar-refractivity contribution in [1.29, 1.82) is 0 Å². The highest BCUT2D eigenvalue weighted by Crippen LogP contribution is 2.28. The number of carbonyl (C=O) groups is 1. The number of anilines is 1. The number of rotatable bonds is 3. The molecule has 0 radical (unpaired) electrons. The van der Waals surface area contributed by atoms with Crippen molar-refractivity contribution in [3.63, 3.8) is 0 Å². The van der Waals surface area contributed by atoms with Gasteiger partial charge in [0.1, 0.15) is 11.8 Å². The standard InChI is InChI=1S/C17H19ClN4O2/c18-15-10-14(20-16(19)21-15)13-6-8-22(9-7-13)17(23)24-11-12-4-2-1-3-5-12/h1-5,10,13H,6-9,11H2,(H2,19,20,21). The lowest BCUT2D eigenvalue weighted by Gasteiger charge is -2.31. The first-order valence-electron chi connectivity index (χ1n) is 7.87. The Hall–Kier alpha value is -2.34. The van der Waals surface area contributed by atoms with E-state index in [2.05, 4.69) is 9.97 Å². The van der Waals surface area contributed by atoms with Gasteiger partial charge in [-0.2, -0.15) is 0 Å². The number of hydrogen-bond donors (Lipinski definition) is 1. The summed E-state index contributed by atoms with van der Waals surface area (Å²) in [4.78, 5) is 22.0. The number of piperidine rings is 1. The van der Waals surface area contributed by atoms with Crippen molar-refractivity contribution in [3.8, 4) is 0 Å². The third-order valence-electron chi connectivity index (χ3n) is 4.11. The van der Waals surface area contributed by atoms with E-state index in [1.807, 2.05) is 30.3 Å². The molecule has 1 aromatic carbocycles. The van der Waals surface area contributed by atoms with Crippen molar-refractivity contribution >= 4 is 23.6 Å². The van der Waals surface area contributed by atoms with Gasteiger partial charge in [-0.15, -0.1) is 0 Å². The van der Waals surface area contributed by atoms with E-state index in [0.29, 0.717) is 18.2 Å². The van der Waals surface area contributed by atoms with Gasteiger partial charge in [-0.3, -0.25) is 0 Å². The minimum Gasteiger partial charge on any atom is -0.445 e. The average molecular weight is 347 g/mol.